The maximum atomic E-state index is 5.51. The van der Waals surface area contributed by atoms with Gasteiger partial charge >= 0.3 is 0 Å². The molecule has 0 spiro atoms. The van der Waals surface area contributed by atoms with E-state index < -0.39 is 0 Å². The van der Waals surface area contributed by atoms with Crippen molar-refractivity contribution in [2.45, 2.75) is 48.5 Å². The van der Waals surface area contributed by atoms with Gasteiger partial charge in [-0.25, -0.2) is 0 Å². The fourth-order valence-electron chi connectivity index (χ4n) is 0.834. The van der Waals surface area contributed by atoms with Gasteiger partial charge < -0.3 is 4.74 Å². The standard InChI is InChI=1S/C15H20O.2C2H6/c1-7-15(11-9-13(4)5)16-14(6)10-8-12(2)3;2*1-2/h7-11H,2,4,6H2,1,3,5H3;2*1-2H3/b10-8-,11-9-,15-7+;;. The Bertz CT molecular complexity index is 365. The maximum absolute atomic E-state index is 5.51. The van der Waals surface area contributed by atoms with Crippen molar-refractivity contribution in [1.82, 2.24) is 0 Å². The predicted molar refractivity (Wildman–Crippen MR) is 94.6 cm³/mol. The number of ether oxygens (including phenoxy) is 1. The molecule has 0 aliphatic rings. The van der Waals surface area contributed by atoms with E-state index in [1.54, 1.807) is 6.08 Å². The Kier molecular flexibility index (Phi) is 20.1. The summed E-state index contributed by atoms with van der Waals surface area (Å²) in [5, 5.41) is 0. The Morgan fingerprint density at radius 3 is 1.50 bits per heavy atom. The van der Waals surface area contributed by atoms with E-state index in [0.29, 0.717) is 5.76 Å². The van der Waals surface area contributed by atoms with Crippen LogP contribution < -0.4 is 0 Å². The zero-order chi connectivity index (χ0) is 16.6. The second kappa shape index (κ2) is 17.2. The van der Waals surface area contributed by atoms with Crippen LogP contribution in [0.2, 0.25) is 0 Å². The molecule has 0 aromatic rings. The largest absolute Gasteiger partial charge is 0.458 e. The summed E-state index contributed by atoms with van der Waals surface area (Å²) in [5.41, 5.74) is 1.94. The van der Waals surface area contributed by atoms with Crippen molar-refractivity contribution in [2.75, 3.05) is 0 Å². The molecule has 0 atom stereocenters. The van der Waals surface area contributed by atoms with Gasteiger partial charge in [0.25, 0.3) is 0 Å². The minimum absolute atomic E-state index is 0.586. The molecule has 0 bridgehead atoms. The van der Waals surface area contributed by atoms with E-state index >= 15 is 0 Å². The molecule has 0 aromatic carbocycles. The maximum Gasteiger partial charge on any atom is 0.123 e. The lowest BCUT2D eigenvalue weighted by molar-refractivity contribution is 0.337. The second-order valence-corrected chi connectivity index (χ2v) is 3.62. The fraction of sp³-hybridized carbons (Fsp3) is 0.368. The first-order chi connectivity index (χ1) is 9.45. The fourth-order valence-corrected chi connectivity index (χ4v) is 0.834. The summed E-state index contributed by atoms with van der Waals surface area (Å²) in [6.07, 6.45) is 9.28. The van der Waals surface area contributed by atoms with Crippen molar-refractivity contribution in [3.63, 3.8) is 0 Å². The van der Waals surface area contributed by atoms with Crippen LogP contribution in [0.25, 0.3) is 0 Å². The van der Waals surface area contributed by atoms with Gasteiger partial charge in [-0.3, -0.25) is 0 Å². The van der Waals surface area contributed by atoms with Gasteiger partial charge in [-0.05, 0) is 39.0 Å². The van der Waals surface area contributed by atoms with Gasteiger partial charge in [-0.15, -0.1) is 0 Å². The average Bonchev–Trinajstić information content (AvgIpc) is 2.45. The molecule has 0 radical (unpaired) electrons. The van der Waals surface area contributed by atoms with Crippen LogP contribution in [0.15, 0.2) is 72.8 Å². The first-order valence-corrected chi connectivity index (χ1v) is 7.16. The van der Waals surface area contributed by atoms with Gasteiger partial charge in [0.1, 0.15) is 11.5 Å². The van der Waals surface area contributed by atoms with E-state index in [-0.39, 0.29) is 0 Å². The van der Waals surface area contributed by atoms with Crippen molar-refractivity contribution in [3.8, 4) is 0 Å². The number of rotatable bonds is 6. The highest BCUT2D eigenvalue weighted by Gasteiger charge is 1.93. The smallest absolute Gasteiger partial charge is 0.123 e. The Morgan fingerprint density at radius 1 is 0.750 bits per heavy atom. The summed E-state index contributed by atoms with van der Waals surface area (Å²) in [6, 6.07) is 0. The summed E-state index contributed by atoms with van der Waals surface area (Å²) in [4.78, 5) is 0. The Hall–Kier alpha value is -1.76. The molecule has 114 valence electrons. The predicted octanol–water partition coefficient (Wildman–Crippen LogP) is 6.74. The molecule has 0 unspecified atom stereocenters. The van der Waals surface area contributed by atoms with Crippen LogP contribution in [0, 0.1) is 0 Å². The summed E-state index contributed by atoms with van der Waals surface area (Å²) in [6.45, 7) is 25.1. The van der Waals surface area contributed by atoms with E-state index in [1.807, 2.05) is 72.8 Å². The molecule has 0 heterocycles. The van der Waals surface area contributed by atoms with Crippen molar-refractivity contribution in [1.29, 1.82) is 0 Å². The molecule has 0 N–H and O–H groups in total. The Balaban J connectivity index is -0.000000656. The molecule has 1 nitrogen and oxygen atoms in total. The highest BCUT2D eigenvalue weighted by Crippen LogP contribution is 2.09. The lowest BCUT2D eigenvalue weighted by Crippen LogP contribution is -1.86. The van der Waals surface area contributed by atoms with Crippen LogP contribution in [-0.2, 0) is 4.74 Å². The Labute approximate surface area is 126 Å². The van der Waals surface area contributed by atoms with E-state index in [9.17, 15) is 0 Å². The Morgan fingerprint density at radius 2 is 1.15 bits per heavy atom. The second-order valence-electron chi connectivity index (χ2n) is 3.62. The van der Waals surface area contributed by atoms with Gasteiger partial charge in [-0.1, -0.05) is 70.7 Å². The quantitative estimate of drug-likeness (QED) is 0.385. The first kappa shape index (κ1) is 23.3. The first-order valence-electron chi connectivity index (χ1n) is 7.16. The lowest BCUT2D eigenvalue weighted by Gasteiger charge is -2.05. The molecule has 0 aliphatic carbocycles. The van der Waals surface area contributed by atoms with Crippen LogP contribution in [0.5, 0.6) is 0 Å². The molecule has 0 rings (SSSR count). The summed E-state index contributed by atoms with van der Waals surface area (Å²) >= 11 is 0. The van der Waals surface area contributed by atoms with Crippen LogP contribution in [0.4, 0.5) is 0 Å². The normalized spacial score (nSPS) is 10.2. The molecule has 1 heteroatoms. The topological polar surface area (TPSA) is 9.23 Å². The minimum atomic E-state index is 0.586. The third-order valence-electron chi connectivity index (χ3n) is 1.62. The van der Waals surface area contributed by atoms with E-state index in [2.05, 4.69) is 19.7 Å². The van der Waals surface area contributed by atoms with Crippen LogP contribution in [0.1, 0.15) is 48.5 Å². The molecule has 0 aromatic heterocycles. The zero-order valence-electron chi connectivity index (χ0n) is 14.4. The number of hydrogen-bond donors (Lipinski definition) is 0. The van der Waals surface area contributed by atoms with Crippen molar-refractivity contribution >= 4 is 0 Å². The van der Waals surface area contributed by atoms with Gasteiger partial charge in [0.05, 0.1) is 0 Å². The van der Waals surface area contributed by atoms with Crippen LogP contribution >= 0.6 is 0 Å². The SMILES string of the molecule is C=C(C)/C=C\C(=C)OC(/C=C\C(=C)C)=C/C.CC.CC. The van der Waals surface area contributed by atoms with Crippen molar-refractivity contribution in [3.05, 3.63) is 72.8 Å². The molecule has 20 heavy (non-hydrogen) atoms. The zero-order valence-corrected chi connectivity index (χ0v) is 14.4. The molecule has 0 amide bonds. The summed E-state index contributed by atoms with van der Waals surface area (Å²) in [7, 11) is 0. The van der Waals surface area contributed by atoms with Crippen LogP contribution in [-0.4, -0.2) is 0 Å². The highest BCUT2D eigenvalue weighted by molar-refractivity contribution is 5.25. The molecular formula is C19H32O. The van der Waals surface area contributed by atoms with E-state index in [0.717, 1.165) is 16.9 Å². The number of hydrogen-bond acceptors (Lipinski definition) is 1. The van der Waals surface area contributed by atoms with E-state index in [1.165, 1.54) is 0 Å². The lowest BCUT2D eigenvalue weighted by atomic mass is 10.3. The van der Waals surface area contributed by atoms with Crippen LogP contribution in [0.3, 0.4) is 0 Å². The van der Waals surface area contributed by atoms with Crippen molar-refractivity contribution in [2.24, 2.45) is 0 Å². The molecule has 0 aliphatic heterocycles. The third-order valence-corrected chi connectivity index (χ3v) is 1.62. The molecule has 0 saturated carbocycles. The third kappa shape index (κ3) is 18.6. The van der Waals surface area contributed by atoms with Gasteiger partial charge in [0.15, 0.2) is 0 Å². The molecular weight excluding hydrogens is 244 g/mol. The molecule has 0 fully saturated rings. The number of allylic oxidation sites excluding steroid dienone is 7. The monoisotopic (exact) mass is 276 g/mol. The van der Waals surface area contributed by atoms with Crippen molar-refractivity contribution < 1.29 is 4.74 Å². The van der Waals surface area contributed by atoms with Gasteiger partial charge in [0.2, 0.25) is 0 Å². The van der Waals surface area contributed by atoms with E-state index in [4.69, 9.17) is 4.74 Å². The highest BCUT2D eigenvalue weighted by atomic mass is 16.5. The summed E-state index contributed by atoms with van der Waals surface area (Å²) < 4.78 is 5.51. The molecule has 0 saturated heterocycles. The average molecular weight is 276 g/mol. The van der Waals surface area contributed by atoms with Gasteiger partial charge in [-0.2, -0.15) is 0 Å². The van der Waals surface area contributed by atoms with Gasteiger partial charge in [0, 0.05) is 0 Å². The minimum Gasteiger partial charge on any atom is -0.458 e. The summed E-state index contributed by atoms with van der Waals surface area (Å²) in [5.74, 6) is 1.34.